The van der Waals surface area contributed by atoms with Gasteiger partial charge in [0.05, 0.1) is 35.7 Å². The van der Waals surface area contributed by atoms with Gasteiger partial charge in [0.25, 0.3) is 5.56 Å². The van der Waals surface area contributed by atoms with Crippen LogP contribution in [0.1, 0.15) is 28.5 Å². The van der Waals surface area contributed by atoms with E-state index in [4.69, 9.17) is 37.4 Å². The molecule has 0 spiro atoms. The van der Waals surface area contributed by atoms with Crippen LogP contribution in [0.2, 0.25) is 10.0 Å². The molecule has 0 unspecified atom stereocenters. The molecule has 0 aliphatic carbocycles. The summed E-state index contributed by atoms with van der Waals surface area (Å²) in [6.07, 6.45) is 0.522. The summed E-state index contributed by atoms with van der Waals surface area (Å²) in [6, 6.07) is 16.5. The quantitative estimate of drug-likeness (QED) is 0.251. The van der Waals surface area contributed by atoms with Gasteiger partial charge in [-0.3, -0.25) is 4.79 Å². The topological polar surface area (TPSA) is 66.8 Å². The number of aryl methyl sites for hydroxylation is 1. The van der Waals surface area contributed by atoms with Gasteiger partial charge in [0.15, 0.2) is 0 Å². The van der Waals surface area contributed by atoms with Crippen molar-refractivity contribution in [1.82, 2.24) is 4.57 Å². The van der Waals surface area contributed by atoms with Crippen LogP contribution in [0.4, 0.5) is 0 Å². The number of benzene rings is 2. The molecule has 1 aromatic heterocycles. The van der Waals surface area contributed by atoms with Crippen molar-refractivity contribution in [2.75, 3.05) is 13.7 Å². The fourth-order valence-electron chi connectivity index (χ4n) is 3.12. The Labute approximate surface area is 235 Å². The predicted molar refractivity (Wildman–Crippen MR) is 123 cm³/mol. The first-order valence-electron chi connectivity index (χ1n) is 9.95. The molecule has 6 nitrogen and oxygen atoms in total. The van der Waals surface area contributed by atoms with Crippen molar-refractivity contribution in [1.29, 1.82) is 0 Å². The number of hydrogen-bond donors (Lipinski definition) is 0. The van der Waals surface area contributed by atoms with Crippen LogP contribution in [0, 0.1) is 47.4 Å². The molecule has 0 aliphatic heterocycles. The van der Waals surface area contributed by atoms with E-state index in [0.717, 1.165) is 5.56 Å². The summed E-state index contributed by atoms with van der Waals surface area (Å²) in [7, 11) is 1.33. The smallest absolute Gasteiger partial charge is 0.337 e. The summed E-state index contributed by atoms with van der Waals surface area (Å²) in [5.74, 6) is 0.673. The van der Waals surface area contributed by atoms with Gasteiger partial charge < -0.3 is 18.8 Å². The number of carbonyl (C=O) groups is 1. The van der Waals surface area contributed by atoms with Gasteiger partial charge in [0.1, 0.15) is 11.6 Å². The van der Waals surface area contributed by atoms with Crippen molar-refractivity contribution in [3.63, 3.8) is 0 Å². The molecule has 0 N–H and O–H groups in total. The number of methoxy groups -OCH3 is 1. The molecule has 0 bridgehead atoms. The third-order valence-electron chi connectivity index (χ3n) is 4.76. The maximum absolute atomic E-state index is 12.8. The molecule has 0 amide bonds. The van der Waals surface area contributed by atoms with Gasteiger partial charge in [0.2, 0.25) is 0 Å². The Hall–Kier alpha value is -1.60. The molecule has 33 heavy (non-hydrogen) atoms. The van der Waals surface area contributed by atoms with Crippen molar-refractivity contribution in [2.24, 2.45) is 0 Å². The van der Waals surface area contributed by atoms with Gasteiger partial charge in [-0.25, -0.2) is 4.79 Å². The zero-order valence-corrected chi connectivity index (χ0v) is 23.5. The van der Waals surface area contributed by atoms with Crippen LogP contribution in [0.5, 0.6) is 11.5 Å². The Morgan fingerprint density at radius 2 is 1.79 bits per heavy atom. The van der Waals surface area contributed by atoms with Gasteiger partial charge in [-0.05, 0) is 37.1 Å². The number of nitrogens with zero attached hydrogens (tertiary/aromatic N) is 1. The third-order valence-corrected chi connectivity index (χ3v) is 5.35. The zero-order valence-electron chi connectivity index (χ0n) is 18.3. The van der Waals surface area contributed by atoms with E-state index in [1.165, 1.54) is 17.7 Å². The minimum atomic E-state index is -0.404. The summed E-state index contributed by atoms with van der Waals surface area (Å²) in [5.41, 5.74) is 1.53. The minimum absolute atomic E-state index is 0. The summed E-state index contributed by atoms with van der Waals surface area (Å²) in [6.45, 7) is 2.74. The van der Waals surface area contributed by atoms with Crippen LogP contribution in [0.25, 0.3) is 0 Å². The number of hydrogen-bond acceptors (Lipinski definition) is 5. The molecule has 0 fully saturated rings. The molecule has 0 aliphatic rings. The number of esters is 1. The van der Waals surface area contributed by atoms with Crippen molar-refractivity contribution in [3.8, 4) is 11.5 Å². The van der Waals surface area contributed by atoms with E-state index >= 15 is 0 Å². The predicted octanol–water partition coefficient (Wildman–Crippen LogP) is 4.96. The minimum Gasteiger partial charge on any atom is -0.542 e. The van der Waals surface area contributed by atoms with Crippen molar-refractivity contribution in [2.45, 2.75) is 26.5 Å². The van der Waals surface area contributed by atoms with Crippen LogP contribution in [0.15, 0.2) is 53.3 Å². The third kappa shape index (κ3) is 7.19. The maximum atomic E-state index is 12.8. The van der Waals surface area contributed by atoms with E-state index in [1.807, 2.05) is 19.1 Å². The molecular formula is C24H22Cl2NO5Pr-. The normalized spacial score (nSPS) is 10.3. The molecule has 0 saturated carbocycles. The van der Waals surface area contributed by atoms with Crippen LogP contribution in [0.3, 0.4) is 0 Å². The second-order valence-corrected chi connectivity index (χ2v) is 7.59. The molecule has 171 valence electrons. The van der Waals surface area contributed by atoms with E-state index in [-0.39, 0.29) is 58.5 Å². The Morgan fingerprint density at radius 3 is 2.45 bits per heavy atom. The van der Waals surface area contributed by atoms with Crippen molar-refractivity contribution < 1.29 is 60.3 Å². The molecule has 3 aromatic rings. The van der Waals surface area contributed by atoms with E-state index in [9.17, 15) is 9.59 Å². The Kier molecular flexibility index (Phi) is 11.2. The first-order chi connectivity index (χ1) is 15.4. The van der Waals surface area contributed by atoms with Crippen LogP contribution < -0.4 is 15.0 Å². The molecule has 1 heterocycles. The average molecular weight is 616 g/mol. The molecule has 0 saturated heterocycles. The van der Waals surface area contributed by atoms with Gasteiger partial charge in [-0.2, -0.15) is 12.1 Å². The first kappa shape index (κ1) is 27.6. The van der Waals surface area contributed by atoms with Crippen molar-refractivity contribution >= 4 is 29.2 Å². The molecule has 9 heteroatoms. The largest absolute Gasteiger partial charge is 0.542 e. The van der Waals surface area contributed by atoms with Gasteiger partial charge >= 0.3 is 5.97 Å². The number of rotatable bonds is 9. The summed E-state index contributed by atoms with van der Waals surface area (Å²) >= 11 is 12.5. The number of halogens is 2. The van der Waals surface area contributed by atoms with Crippen LogP contribution in [-0.2, 0) is 24.3 Å². The maximum Gasteiger partial charge on any atom is 0.337 e. The van der Waals surface area contributed by atoms with Gasteiger partial charge in [-0.1, -0.05) is 35.3 Å². The number of pyridine rings is 1. The van der Waals surface area contributed by atoms with Crippen LogP contribution >= 0.6 is 23.2 Å². The zero-order chi connectivity index (χ0) is 23.1. The fraction of sp³-hybridized carbons (Fsp3) is 0.250. The number of carbonyl (C=O) groups excluding carboxylic acids is 1. The average Bonchev–Trinajstić information content (AvgIpc) is 2.80. The molecule has 2 aromatic carbocycles. The number of aromatic nitrogens is 1. The Bertz CT molecular complexity index is 1150. The number of ether oxygens (including phenoxy) is 3. The van der Waals surface area contributed by atoms with E-state index < -0.39 is 5.97 Å². The Balaban J connectivity index is 0.00000385. The van der Waals surface area contributed by atoms with Crippen LogP contribution in [-0.4, -0.2) is 24.3 Å². The van der Waals surface area contributed by atoms with E-state index in [2.05, 4.69) is 6.07 Å². The van der Waals surface area contributed by atoms with Gasteiger partial charge in [-0.15, -0.1) is 12.1 Å². The molecular weight excluding hydrogens is 594 g/mol. The van der Waals surface area contributed by atoms with E-state index in [0.29, 0.717) is 47.4 Å². The fourth-order valence-corrected chi connectivity index (χ4v) is 3.65. The Morgan fingerprint density at radius 1 is 1.06 bits per heavy atom. The SMILES string of the molecule is CCOc1cc[c-]cc1OCc1c(Cl)cc(Cl)c(=O)n1CCc1ccc(C(=O)OC)cc1.[Pr]. The summed E-state index contributed by atoms with van der Waals surface area (Å²) < 4.78 is 17.7. The molecule has 0 atom stereocenters. The summed E-state index contributed by atoms with van der Waals surface area (Å²) in [4.78, 5) is 24.4. The standard InChI is InChI=1S/C24H22Cl2NO5.Pr/c1-3-31-21-6-4-5-7-22(21)32-15-20-18(25)14-19(26)23(28)27(20)13-12-16-8-10-17(11-9-16)24(29)30-2;/h4,6-11,14H,3,12-13,15H2,1-2H3;/q-1;. The van der Waals surface area contributed by atoms with Crippen molar-refractivity contribution in [3.05, 3.63) is 91.8 Å². The molecule has 1 radical (unpaired) electrons. The first-order valence-corrected chi connectivity index (χ1v) is 10.7. The second kappa shape index (κ2) is 13.3. The van der Waals surface area contributed by atoms with Gasteiger partial charge in [0, 0.05) is 53.6 Å². The van der Waals surface area contributed by atoms with E-state index in [1.54, 1.807) is 30.3 Å². The summed E-state index contributed by atoms with van der Waals surface area (Å²) in [5, 5.41) is 0.358. The monoisotopic (exact) mass is 615 g/mol. The molecule has 3 rings (SSSR count). The second-order valence-electron chi connectivity index (χ2n) is 6.78.